The number of carbonyl (C=O) groups excluding carboxylic acids is 2. The Kier molecular flexibility index (Phi) is 3.57. The lowest BCUT2D eigenvalue weighted by Gasteiger charge is -2.07. The number of imide groups is 1. The molecule has 0 aliphatic carbocycles. The zero-order chi connectivity index (χ0) is 13.1. The van der Waals surface area contributed by atoms with Crippen LogP contribution < -0.4 is 14.8 Å². The molecule has 1 heterocycles. The van der Waals surface area contributed by atoms with E-state index < -0.39 is 0 Å². The summed E-state index contributed by atoms with van der Waals surface area (Å²) in [7, 11) is 3.09. The van der Waals surface area contributed by atoms with Gasteiger partial charge in [0.05, 0.1) is 19.1 Å². The molecule has 0 radical (unpaired) electrons. The van der Waals surface area contributed by atoms with Gasteiger partial charge in [0, 0.05) is 11.6 Å². The fourth-order valence-corrected chi connectivity index (χ4v) is 2.17. The number of rotatable bonds is 3. The summed E-state index contributed by atoms with van der Waals surface area (Å²) < 4.78 is 10.3. The van der Waals surface area contributed by atoms with Crippen LogP contribution in [0.2, 0.25) is 0 Å². The molecular formula is C12H11NO4S. The highest BCUT2D eigenvalue weighted by atomic mass is 32.2. The van der Waals surface area contributed by atoms with Crippen molar-refractivity contribution in [1.82, 2.24) is 5.32 Å². The number of methoxy groups -OCH3 is 2. The average Bonchev–Trinajstić information content (AvgIpc) is 2.68. The number of hydrogen-bond donors (Lipinski definition) is 1. The van der Waals surface area contributed by atoms with Gasteiger partial charge in [0.15, 0.2) is 0 Å². The minimum Gasteiger partial charge on any atom is -0.497 e. The first-order valence-electron chi connectivity index (χ1n) is 5.11. The molecule has 0 unspecified atom stereocenters. The van der Waals surface area contributed by atoms with Gasteiger partial charge in [0.25, 0.3) is 11.1 Å². The van der Waals surface area contributed by atoms with Gasteiger partial charge >= 0.3 is 0 Å². The van der Waals surface area contributed by atoms with E-state index in [0.29, 0.717) is 22.0 Å². The molecule has 2 amide bonds. The van der Waals surface area contributed by atoms with Crippen LogP contribution in [0.4, 0.5) is 4.79 Å². The molecule has 2 rings (SSSR count). The SMILES string of the molecule is COc1ccc(/C=C2/SC(=O)NC2=O)c(OC)c1. The van der Waals surface area contributed by atoms with Crippen LogP contribution in [0.15, 0.2) is 23.1 Å². The van der Waals surface area contributed by atoms with Crippen LogP contribution in [0.1, 0.15) is 5.56 Å². The summed E-state index contributed by atoms with van der Waals surface area (Å²) in [6.07, 6.45) is 1.61. The van der Waals surface area contributed by atoms with E-state index in [0.717, 1.165) is 11.8 Å². The van der Waals surface area contributed by atoms with E-state index in [2.05, 4.69) is 5.32 Å². The van der Waals surface area contributed by atoms with Crippen molar-refractivity contribution in [2.75, 3.05) is 14.2 Å². The number of nitrogens with one attached hydrogen (secondary N) is 1. The van der Waals surface area contributed by atoms with Gasteiger partial charge < -0.3 is 9.47 Å². The Labute approximate surface area is 108 Å². The van der Waals surface area contributed by atoms with Gasteiger partial charge in [-0.1, -0.05) is 0 Å². The molecule has 0 aromatic heterocycles. The quantitative estimate of drug-likeness (QED) is 0.847. The Balaban J connectivity index is 2.37. The van der Waals surface area contributed by atoms with Gasteiger partial charge in [-0.25, -0.2) is 0 Å². The van der Waals surface area contributed by atoms with Crippen LogP contribution in [0, 0.1) is 0 Å². The Morgan fingerprint density at radius 2 is 2.00 bits per heavy atom. The summed E-state index contributed by atoms with van der Waals surface area (Å²) in [4.78, 5) is 22.8. The third-order valence-corrected chi connectivity index (χ3v) is 3.18. The van der Waals surface area contributed by atoms with Crippen LogP contribution in [0.25, 0.3) is 6.08 Å². The maximum absolute atomic E-state index is 11.4. The van der Waals surface area contributed by atoms with Crippen LogP contribution in [-0.4, -0.2) is 25.4 Å². The molecule has 1 N–H and O–H groups in total. The lowest BCUT2D eigenvalue weighted by Crippen LogP contribution is -2.17. The molecule has 1 aliphatic heterocycles. The fourth-order valence-electron chi connectivity index (χ4n) is 1.50. The van der Waals surface area contributed by atoms with Crippen LogP contribution >= 0.6 is 11.8 Å². The maximum atomic E-state index is 11.4. The zero-order valence-corrected chi connectivity index (χ0v) is 10.7. The number of hydrogen-bond acceptors (Lipinski definition) is 5. The molecular weight excluding hydrogens is 254 g/mol. The van der Waals surface area contributed by atoms with Crippen molar-refractivity contribution >= 4 is 29.0 Å². The summed E-state index contributed by atoms with van der Waals surface area (Å²) in [6.45, 7) is 0. The van der Waals surface area contributed by atoms with Gasteiger partial charge in [0.2, 0.25) is 0 Å². The molecule has 1 fully saturated rings. The minimum absolute atomic E-state index is 0.350. The predicted octanol–water partition coefficient (Wildman–Crippen LogP) is 2.03. The summed E-state index contributed by atoms with van der Waals surface area (Å²) in [5, 5.41) is 1.84. The predicted molar refractivity (Wildman–Crippen MR) is 68.7 cm³/mol. The zero-order valence-electron chi connectivity index (χ0n) is 9.85. The van der Waals surface area contributed by atoms with E-state index in [1.165, 1.54) is 7.11 Å². The van der Waals surface area contributed by atoms with E-state index >= 15 is 0 Å². The molecule has 94 valence electrons. The second-order valence-corrected chi connectivity index (χ2v) is 4.47. The largest absolute Gasteiger partial charge is 0.497 e. The van der Waals surface area contributed by atoms with Crippen LogP contribution in [-0.2, 0) is 4.79 Å². The van der Waals surface area contributed by atoms with Crippen molar-refractivity contribution in [2.45, 2.75) is 0 Å². The number of ether oxygens (including phenoxy) is 2. The monoisotopic (exact) mass is 265 g/mol. The highest BCUT2D eigenvalue weighted by Gasteiger charge is 2.25. The molecule has 0 atom stereocenters. The van der Waals surface area contributed by atoms with Crippen molar-refractivity contribution < 1.29 is 19.1 Å². The Bertz CT molecular complexity index is 539. The highest BCUT2D eigenvalue weighted by Crippen LogP contribution is 2.31. The van der Waals surface area contributed by atoms with Gasteiger partial charge in [-0.3, -0.25) is 14.9 Å². The van der Waals surface area contributed by atoms with Crippen LogP contribution in [0.5, 0.6) is 11.5 Å². The van der Waals surface area contributed by atoms with E-state index in [4.69, 9.17) is 9.47 Å². The minimum atomic E-state index is -0.386. The number of carbonyl (C=O) groups is 2. The van der Waals surface area contributed by atoms with Crippen molar-refractivity contribution in [1.29, 1.82) is 0 Å². The molecule has 0 saturated carbocycles. The van der Waals surface area contributed by atoms with E-state index in [9.17, 15) is 9.59 Å². The first-order chi connectivity index (χ1) is 8.63. The molecule has 18 heavy (non-hydrogen) atoms. The van der Waals surface area contributed by atoms with E-state index in [1.54, 1.807) is 31.4 Å². The Morgan fingerprint density at radius 1 is 1.22 bits per heavy atom. The van der Waals surface area contributed by atoms with Crippen molar-refractivity contribution in [2.24, 2.45) is 0 Å². The number of amides is 2. The van der Waals surface area contributed by atoms with Gasteiger partial charge in [-0.2, -0.15) is 0 Å². The molecule has 1 aromatic rings. The normalized spacial score (nSPS) is 16.9. The molecule has 1 aromatic carbocycles. The Morgan fingerprint density at radius 3 is 2.56 bits per heavy atom. The van der Waals surface area contributed by atoms with Crippen molar-refractivity contribution in [3.63, 3.8) is 0 Å². The molecule has 5 nitrogen and oxygen atoms in total. The third kappa shape index (κ3) is 2.48. The van der Waals surface area contributed by atoms with Crippen molar-refractivity contribution in [3.8, 4) is 11.5 Å². The van der Waals surface area contributed by atoms with Gasteiger partial charge in [0.1, 0.15) is 11.5 Å². The third-order valence-electron chi connectivity index (χ3n) is 2.37. The average molecular weight is 265 g/mol. The first kappa shape index (κ1) is 12.5. The van der Waals surface area contributed by atoms with Gasteiger partial charge in [-0.05, 0) is 30.0 Å². The Hall–Kier alpha value is -1.95. The summed E-state index contributed by atoms with van der Waals surface area (Å²) >= 11 is 0.872. The second kappa shape index (κ2) is 5.14. The highest BCUT2D eigenvalue weighted by molar-refractivity contribution is 8.18. The van der Waals surface area contributed by atoms with E-state index in [1.807, 2.05) is 0 Å². The fraction of sp³-hybridized carbons (Fsp3) is 0.167. The summed E-state index contributed by atoms with van der Waals surface area (Å²) in [5.41, 5.74) is 0.714. The molecule has 1 aliphatic rings. The first-order valence-corrected chi connectivity index (χ1v) is 5.92. The van der Waals surface area contributed by atoms with E-state index in [-0.39, 0.29) is 11.1 Å². The summed E-state index contributed by atoms with van der Waals surface area (Å²) in [6, 6.07) is 5.24. The lowest BCUT2D eigenvalue weighted by molar-refractivity contribution is -0.115. The molecule has 1 saturated heterocycles. The standard InChI is InChI=1S/C12H11NO4S/c1-16-8-4-3-7(9(6-8)17-2)5-10-11(14)13-12(15)18-10/h3-6H,1-2H3,(H,13,14,15)/b10-5+. The second-order valence-electron chi connectivity index (χ2n) is 3.46. The summed E-state index contributed by atoms with van der Waals surface area (Å²) in [5.74, 6) is 0.853. The maximum Gasteiger partial charge on any atom is 0.290 e. The number of benzene rings is 1. The lowest BCUT2D eigenvalue weighted by atomic mass is 10.1. The molecule has 6 heteroatoms. The smallest absolute Gasteiger partial charge is 0.290 e. The van der Waals surface area contributed by atoms with Gasteiger partial charge in [-0.15, -0.1) is 0 Å². The number of thioether (sulfide) groups is 1. The van der Waals surface area contributed by atoms with Crippen LogP contribution in [0.3, 0.4) is 0 Å². The van der Waals surface area contributed by atoms with Crippen molar-refractivity contribution in [3.05, 3.63) is 28.7 Å². The molecule has 0 bridgehead atoms. The topological polar surface area (TPSA) is 64.6 Å². The molecule has 0 spiro atoms.